The van der Waals surface area contributed by atoms with Gasteiger partial charge in [0.15, 0.2) is 0 Å². The van der Waals surface area contributed by atoms with E-state index >= 15 is 0 Å². The van der Waals surface area contributed by atoms with Crippen LogP contribution in [0, 0.1) is 0 Å². The van der Waals surface area contributed by atoms with Gasteiger partial charge in [0.2, 0.25) is 0 Å². The van der Waals surface area contributed by atoms with Crippen LogP contribution in [0.3, 0.4) is 0 Å². The number of imide groups is 1. The Balaban J connectivity index is 1.76. The number of nitrogens with zero attached hydrogens (tertiary/aromatic N) is 1. The zero-order valence-electron chi connectivity index (χ0n) is 10.2. The molecule has 0 atom stereocenters. The van der Waals surface area contributed by atoms with Crippen molar-refractivity contribution in [3.63, 3.8) is 0 Å². The van der Waals surface area contributed by atoms with Crippen molar-refractivity contribution in [2.45, 2.75) is 18.9 Å². The SMILES string of the molecule is O=C(NC1CC1)c1ccc(N2C(=O)CNC2=O)cc1. The lowest BCUT2D eigenvalue weighted by Gasteiger charge is -2.12. The summed E-state index contributed by atoms with van der Waals surface area (Å²) in [7, 11) is 0. The molecule has 6 nitrogen and oxygen atoms in total. The first-order valence-corrected chi connectivity index (χ1v) is 6.17. The lowest BCUT2D eigenvalue weighted by molar-refractivity contribution is -0.115. The molecule has 2 N–H and O–H groups in total. The van der Waals surface area contributed by atoms with E-state index in [2.05, 4.69) is 10.6 Å². The van der Waals surface area contributed by atoms with Crippen LogP contribution in [-0.4, -0.2) is 30.4 Å². The van der Waals surface area contributed by atoms with Gasteiger partial charge in [0.25, 0.3) is 11.8 Å². The number of benzene rings is 1. The number of urea groups is 1. The summed E-state index contributed by atoms with van der Waals surface area (Å²) in [6.45, 7) is 0.0166. The average Bonchev–Trinajstić information content (AvgIpc) is 3.15. The molecule has 1 saturated heterocycles. The van der Waals surface area contributed by atoms with Crippen molar-refractivity contribution < 1.29 is 14.4 Å². The third-order valence-electron chi connectivity index (χ3n) is 3.14. The highest BCUT2D eigenvalue weighted by molar-refractivity contribution is 6.19. The van der Waals surface area contributed by atoms with Gasteiger partial charge in [-0.25, -0.2) is 9.69 Å². The van der Waals surface area contributed by atoms with Crippen molar-refractivity contribution in [1.82, 2.24) is 10.6 Å². The first kappa shape index (κ1) is 11.7. The number of carbonyl (C=O) groups excluding carboxylic acids is 3. The number of nitrogens with one attached hydrogen (secondary N) is 2. The molecule has 1 aromatic carbocycles. The maximum atomic E-state index is 11.8. The molecule has 3 rings (SSSR count). The Hall–Kier alpha value is -2.37. The Labute approximate surface area is 109 Å². The molecule has 98 valence electrons. The second-order valence-corrected chi connectivity index (χ2v) is 4.68. The van der Waals surface area contributed by atoms with Gasteiger partial charge in [-0.15, -0.1) is 0 Å². The topological polar surface area (TPSA) is 78.5 Å². The van der Waals surface area contributed by atoms with E-state index in [1.54, 1.807) is 24.3 Å². The van der Waals surface area contributed by atoms with E-state index in [-0.39, 0.29) is 18.4 Å². The van der Waals surface area contributed by atoms with Crippen LogP contribution in [0.5, 0.6) is 0 Å². The smallest absolute Gasteiger partial charge is 0.329 e. The van der Waals surface area contributed by atoms with E-state index in [0.717, 1.165) is 17.7 Å². The highest BCUT2D eigenvalue weighted by atomic mass is 16.2. The summed E-state index contributed by atoms with van der Waals surface area (Å²) in [5.41, 5.74) is 1.01. The molecule has 1 aliphatic heterocycles. The fraction of sp³-hybridized carbons (Fsp3) is 0.308. The lowest BCUT2D eigenvalue weighted by atomic mass is 10.2. The van der Waals surface area contributed by atoms with Gasteiger partial charge in [0, 0.05) is 11.6 Å². The highest BCUT2D eigenvalue weighted by Gasteiger charge is 2.30. The van der Waals surface area contributed by atoms with Crippen molar-refractivity contribution in [2.24, 2.45) is 0 Å². The second-order valence-electron chi connectivity index (χ2n) is 4.68. The molecule has 1 aliphatic carbocycles. The van der Waals surface area contributed by atoms with E-state index in [4.69, 9.17) is 0 Å². The maximum Gasteiger partial charge on any atom is 0.329 e. The van der Waals surface area contributed by atoms with Crippen LogP contribution in [0.1, 0.15) is 23.2 Å². The Kier molecular flexibility index (Phi) is 2.70. The molecule has 1 aromatic rings. The van der Waals surface area contributed by atoms with Gasteiger partial charge in [-0.2, -0.15) is 0 Å². The normalized spacial score (nSPS) is 18.4. The lowest BCUT2D eigenvalue weighted by Crippen LogP contribution is -2.30. The number of rotatable bonds is 3. The number of amides is 4. The molecular weight excluding hydrogens is 246 g/mol. The third-order valence-corrected chi connectivity index (χ3v) is 3.14. The number of anilines is 1. The van der Waals surface area contributed by atoms with E-state index in [0.29, 0.717) is 17.3 Å². The van der Waals surface area contributed by atoms with Crippen molar-refractivity contribution in [2.75, 3.05) is 11.4 Å². The molecule has 4 amide bonds. The molecule has 0 radical (unpaired) electrons. The summed E-state index contributed by atoms with van der Waals surface area (Å²) < 4.78 is 0. The predicted octanol–water partition coefficient (Wildman–Crippen LogP) is 0.635. The Bertz CT molecular complexity index is 533. The van der Waals surface area contributed by atoms with Crippen LogP contribution >= 0.6 is 0 Å². The minimum atomic E-state index is -0.430. The van der Waals surface area contributed by atoms with Crippen LogP contribution < -0.4 is 15.5 Å². The first-order chi connectivity index (χ1) is 9.15. The summed E-state index contributed by atoms with van der Waals surface area (Å²) in [4.78, 5) is 35.9. The first-order valence-electron chi connectivity index (χ1n) is 6.17. The molecule has 1 heterocycles. The molecule has 2 fully saturated rings. The van der Waals surface area contributed by atoms with E-state index in [1.807, 2.05) is 0 Å². The van der Waals surface area contributed by atoms with E-state index < -0.39 is 6.03 Å². The van der Waals surface area contributed by atoms with Crippen LogP contribution in [0.25, 0.3) is 0 Å². The van der Waals surface area contributed by atoms with Crippen LogP contribution in [0.2, 0.25) is 0 Å². The van der Waals surface area contributed by atoms with Gasteiger partial charge in [-0.3, -0.25) is 9.59 Å². The Morgan fingerprint density at radius 1 is 1.21 bits per heavy atom. The quantitative estimate of drug-likeness (QED) is 0.782. The molecular formula is C13H13N3O3. The standard InChI is InChI=1S/C13H13N3O3/c17-11-7-14-13(19)16(11)10-5-1-8(2-6-10)12(18)15-9-3-4-9/h1-2,5-6,9H,3-4,7H2,(H,14,19)(H,15,18). The largest absolute Gasteiger partial charge is 0.349 e. The zero-order chi connectivity index (χ0) is 13.4. The summed E-state index contributed by atoms with van der Waals surface area (Å²) >= 11 is 0. The van der Waals surface area contributed by atoms with Crippen molar-refractivity contribution >= 4 is 23.5 Å². The highest BCUT2D eigenvalue weighted by Crippen LogP contribution is 2.21. The van der Waals surface area contributed by atoms with Crippen LogP contribution in [0.15, 0.2) is 24.3 Å². The monoisotopic (exact) mass is 259 g/mol. The van der Waals surface area contributed by atoms with Crippen molar-refractivity contribution in [3.8, 4) is 0 Å². The minimum absolute atomic E-state index is 0.0166. The average molecular weight is 259 g/mol. The fourth-order valence-corrected chi connectivity index (χ4v) is 1.94. The third kappa shape index (κ3) is 2.29. The summed E-state index contributed by atoms with van der Waals surface area (Å²) in [6.07, 6.45) is 2.07. The fourth-order valence-electron chi connectivity index (χ4n) is 1.94. The van der Waals surface area contributed by atoms with Gasteiger partial charge in [0.05, 0.1) is 12.2 Å². The number of carbonyl (C=O) groups is 3. The zero-order valence-corrected chi connectivity index (χ0v) is 10.2. The molecule has 1 saturated carbocycles. The van der Waals surface area contributed by atoms with Crippen LogP contribution in [0.4, 0.5) is 10.5 Å². The van der Waals surface area contributed by atoms with Gasteiger partial charge in [-0.05, 0) is 37.1 Å². The van der Waals surface area contributed by atoms with E-state index in [9.17, 15) is 14.4 Å². The minimum Gasteiger partial charge on any atom is -0.349 e. The summed E-state index contributed by atoms with van der Waals surface area (Å²) in [6, 6.07) is 6.31. The van der Waals surface area contributed by atoms with Gasteiger partial charge >= 0.3 is 6.03 Å². The predicted molar refractivity (Wildman–Crippen MR) is 67.8 cm³/mol. The van der Waals surface area contributed by atoms with Gasteiger partial charge in [0.1, 0.15) is 0 Å². The molecule has 0 aromatic heterocycles. The van der Waals surface area contributed by atoms with Crippen molar-refractivity contribution in [3.05, 3.63) is 29.8 Å². The molecule has 0 bridgehead atoms. The number of hydrogen-bond acceptors (Lipinski definition) is 3. The second kappa shape index (κ2) is 4.38. The Morgan fingerprint density at radius 3 is 2.42 bits per heavy atom. The Morgan fingerprint density at radius 2 is 1.89 bits per heavy atom. The van der Waals surface area contributed by atoms with Gasteiger partial charge < -0.3 is 10.6 Å². The molecule has 0 spiro atoms. The molecule has 6 heteroatoms. The van der Waals surface area contributed by atoms with Crippen LogP contribution in [-0.2, 0) is 4.79 Å². The molecule has 0 unspecified atom stereocenters. The number of hydrogen-bond donors (Lipinski definition) is 2. The van der Waals surface area contributed by atoms with Crippen molar-refractivity contribution in [1.29, 1.82) is 0 Å². The van der Waals surface area contributed by atoms with E-state index in [1.165, 1.54) is 0 Å². The maximum absolute atomic E-state index is 11.8. The molecule has 19 heavy (non-hydrogen) atoms. The summed E-state index contributed by atoms with van der Waals surface area (Å²) in [5.74, 6) is -0.411. The van der Waals surface area contributed by atoms with Gasteiger partial charge in [-0.1, -0.05) is 0 Å². The molecule has 2 aliphatic rings. The summed E-state index contributed by atoms with van der Waals surface area (Å²) in [5, 5.41) is 5.33.